The fourth-order valence-corrected chi connectivity index (χ4v) is 1.62. The largest absolute Gasteiger partial charge is 0.0776 e. The highest BCUT2D eigenvalue weighted by molar-refractivity contribution is 4.69. The van der Waals surface area contributed by atoms with Crippen molar-refractivity contribution < 1.29 is 0 Å². The molecule has 0 atom stereocenters. The monoisotopic (exact) mass is 128 g/mol. The smallest absolute Gasteiger partial charge is 0.0391 e. The summed E-state index contributed by atoms with van der Waals surface area (Å²) in [7, 11) is 0. The molecule has 1 fully saturated rings. The lowest BCUT2D eigenvalue weighted by Crippen LogP contribution is -2.01. The molecule has 0 aromatic heterocycles. The molecule has 56 valence electrons. The van der Waals surface area contributed by atoms with Gasteiger partial charge in [-0.05, 0) is 11.8 Å². The van der Waals surface area contributed by atoms with Crippen molar-refractivity contribution >= 4 is 0 Å². The van der Waals surface area contributed by atoms with Crippen LogP contribution in [0.15, 0.2) is 0 Å². The molecule has 0 radical (unpaired) electrons. The van der Waals surface area contributed by atoms with Crippen LogP contribution in [-0.2, 0) is 0 Å². The molecule has 0 N–H and O–H groups in total. The Kier molecular flexibility index (Phi) is 3.92. The molecule has 1 aliphatic rings. The highest BCUT2D eigenvalue weighted by Crippen LogP contribution is 2.30. The second-order valence-corrected chi connectivity index (χ2v) is 3.29. The van der Waals surface area contributed by atoms with Gasteiger partial charge in [0.05, 0.1) is 0 Å². The van der Waals surface area contributed by atoms with E-state index in [2.05, 4.69) is 13.8 Å². The lowest BCUT2D eigenvalue weighted by atomic mass is 9.95. The maximum absolute atomic E-state index is 2.34. The lowest BCUT2D eigenvalue weighted by molar-refractivity contribution is 0.396. The van der Waals surface area contributed by atoms with Crippen LogP contribution in [0.25, 0.3) is 0 Å². The van der Waals surface area contributed by atoms with Gasteiger partial charge in [0.1, 0.15) is 0 Å². The van der Waals surface area contributed by atoms with Crippen molar-refractivity contribution in [3.05, 3.63) is 0 Å². The predicted molar refractivity (Wildman–Crippen MR) is 43.5 cm³/mol. The van der Waals surface area contributed by atoms with E-state index in [0.29, 0.717) is 0 Å². The molecular weight excluding hydrogens is 108 g/mol. The third kappa shape index (κ3) is 2.38. The van der Waals surface area contributed by atoms with Gasteiger partial charge in [-0.3, -0.25) is 0 Å². The molecule has 1 aliphatic carbocycles. The summed E-state index contributed by atoms with van der Waals surface area (Å²) < 4.78 is 0. The van der Waals surface area contributed by atoms with Gasteiger partial charge in [0.25, 0.3) is 0 Å². The van der Waals surface area contributed by atoms with Crippen LogP contribution in [0, 0.1) is 11.8 Å². The molecule has 1 rings (SSSR count). The first-order valence-electron chi connectivity index (χ1n) is 3.80. The maximum Gasteiger partial charge on any atom is -0.0391 e. The van der Waals surface area contributed by atoms with E-state index in [0.717, 1.165) is 11.8 Å². The standard InChI is InChI=1S/C8H16.CH4/c1-7(2)8-5-3-4-6-8;/h7-8H,3-6H2,1-2H3;1H4. The predicted octanol–water partition coefficient (Wildman–Crippen LogP) is 3.47. The third-order valence-electron chi connectivity index (χ3n) is 2.34. The van der Waals surface area contributed by atoms with Crippen LogP contribution >= 0.6 is 0 Å². The van der Waals surface area contributed by atoms with Crippen LogP contribution in [0.4, 0.5) is 0 Å². The Morgan fingerprint density at radius 2 is 1.56 bits per heavy atom. The van der Waals surface area contributed by atoms with E-state index in [1.807, 2.05) is 0 Å². The molecule has 0 saturated heterocycles. The zero-order chi connectivity index (χ0) is 5.98. The molecule has 9 heavy (non-hydrogen) atoms. The molecule has 0 bridgehead atoms. The van der Waals surface area contributed by atoms with Gasteiger partial charge in [0.2, 0.25) is 0 Å². The normalized spacial score (nSPS) is 20.3. The van der Waals surface area contributed by atoms with Gasteiger partial charge in [-0.2, -0.15) is 0 Å². The topological polar surface area (TPSA) is 0 Å². The van der Waals surface area contributed by atoms with Crippen LogP contribution in [0.3, 0.4) is 0 Å². The minimum atomic E-state index is 0. The fourth-order valence-electron chi connectivity index (χ4n) is 1.62. The maximum atomic E-state index is 2.34. The molecule has 0 nitrogen and oxygen atoms in total. The van der Waals surface area contributed by atoms with E-state index in [1.165, 1.54) is 25.7 Å². The number of hydrogen-bond donors (Lipinski definition) is 0. The van der Waals surface area contributed by atoms with E-state index in [9.17, 15) is 0 Å². The Bertz CT molecular complexity index is 58.4. The molecule has 0 amide bonds. The molecule has 0 spiro atoms. The molecule has 0 heteroatoms. The molecule has 0 aliphatic heterocycles. The molecule has 0 aromatic carbocycles. The molecular formula is C9H20. The highest BCUT2D eigenvalue weighted by Gasteiger charge is 2.17. The quantitative estimate of drug-likeness (QED) is 0.507. The van der Waals surface area contributed by atoms with E-state index < -0.39 is 0 Å². The second kappa shape index (κ2) is 3.92. The van der Waals surface area contributed by atoms with Gasteiger partial charge >= 0.3 is 0 Å². The summed E-state index contributed by atoms with van der Waals surface area (Å²) in [6.07, 6.45) is 5.97. The van der Waals surface area contributed by atoms with E-state index in [4.69, 9.17) is 0 Å². The van der Waals surface area contributed by atoms with Gasteiger partial charge in [0.15, 0.2) is 0 Å². The van der Waals surface area contributed by atoms with Crippen molar-refractivity contribution in [2.75, 3.05) is 0 Å². The Morgan fingerprint density at radius 1 is 1.11 bits per heavy atom. The van der Waals surface area contributed by atoms with Crippen LogP contribution in [0.1, 0.15) is 47.0 Å². The fraction of sp³-hybridized carbons (Fsp3) is 1.00. The molecule has 0 unspecified atom stereocenters. The summed E-state index contributed by atoms with van der Waals surface area (Å²) in [4.78, 5) is 0. The summed E-state index contributed by atoms with van der Waals surface area (Å²) >= 11 is 0. The van der Waals surface area contributed by atoms with Crippen LogP contribution in [-0.4, -0.2) is 0 Å². The molecule has 0 heterocycles. The van der Waals surface area contributed by atoms with Crippen LogP contribution < -0.4 is 0 Å². The van der Waals surface area contributed by atoms with Crippen molar-refractivity contribution in [2.24, 2.45) is 11.8 Å². The van der Waals surface area contributed by atoms with Crippen molar-refractivity contribution in [2.45, 2.75) is 47.0 Å². The minimum Gasteiger partial charge on any atom is -0.0776 e. The van der Waals surface area contributed by atoms with Crippen molar-refractivity contribution in [3.8, 4) is 0 Å². The summed E-state index contributed by atoms with van der Waals surface area (Å²) in [5.41, 5.74) is 0. The van der Waals surface area contributed by atoms with E-state index in [-0.39, 0.29) is 7.43 Å². The van der Waals surface area contributed by atoms with Gasteiger partial charge in [-0.1, -0.05) is 47.0 Å². The van der Waals surface area contributed by atoms with Crippen molar-refractivity contribution in [1.82, 2.24) is 0 Å². The van der Waals surface area contributed by atoms with Crippen molar-refractivity contribution in [1.29, 1.82) is 0 Å². The number of hydrogen-bond acceptors (Lipinski definition) is 0. The number of rotatable bonds is 1. The van der Waals surface area contributed by atoms with Crippen LogP contribution in [0.5, 0.6) is 0 Å². The summed E-state index contributed by atoms with van der Waals surface area (Å²) in [6, 6.07) is 0. The zero-order valence-electron chi connectivity index (χ0n) is 5.98. The van der Waals surface area contributed by atoms with Gasteiger partial charge in [0, 0.05) is 0 Å². The second-order valence-electron chi connectivity index (χ2n) is 3.29. The highest BCUT2D eigenvalue weighted by atomic mass is 14.2. The lowest BCUT2D eigenvalue weighted by Gasteiger charge is -2.11. The van der Waals surface area contributed by atoms with Gasteiger partial charge < -0.3 is 0 Å². The Labute approximate surface area is 59.7 Å². The van der Waals surface area contributed by atoms with Crippen LogP contribution in [0.2, 0.25) is 0 Å². The Morgan fingerprint density at radius 3 is 1.78 bits per heavy atom. The molecule has 0 aromatic rings. The average Bonchev–Trinajstić information content (AvgIpc) is 2.12. The minimum absolute atomic E-state index is 0. The first-order chi connectivity index (χ1) is 3.80. The molecule has 1 saturated carbocycles. The van der Waals surface area contributed by atoms with Gasteiger partial charge in [-0.15, -0.1) is 0 Å². The third-order valence-corrected chi connectivity index (χ3v) is 2.34. The summed E-state index contributed by atoms with van der Waals surface area (Å²) in [5, 5.41) is 0. The van der Waals surface area contributed by atoms with E-state index in [1.54, 1.807) is 0 Å². The SMILES string of the molecule is C.CC(C)C1CCCC1. The average molecular weight is 128 g/mol. The van der Waals surface area contributed by atoms with E-state index >= 15 is 0 Å². The summed E-state index contributed by atoms with van der Waals surface area (Å²) in [6.45, 7) is 4.69. The Balaban J connectivity index is 0.000000640. The Hall–Kier alpha value is 0. The first-order valence-corrected chi connectivity index (χ1v) is 3.80. The van der Waals surface area contributed by atoms with Gasteiger partial charge in [-0.25, -0.2) is 0 Å². The summed E-state index contributed by atoms with van der Waals surface area (Å²) in [5.74, 6) is 2.01. The zero-order valence-corrected chi connectivity index (χ0v) is 5.98. The van der Waals surface area contributed by atoms with Crippen molar-refractivity contribution in [3.63, 3.8) is 0 Å². The first kappa shape index (κ1) is 9.00.